The minimum absolute atomic E-state index is 0.255. The Morgan fingerprint density at radius 3 is 2.50 bits per heavy atom. The molecule has 0 amide bonds. The first kappa shape index (κ1) is 13.3. The van der Waals surface area contributed by atoms with E-state index in [2.05, 4.69) is 34.1 Å². The summed E-state index contributed by atoms with van der Waals surface area (Å²) in [5, 5.41) is 8.98. The zero-order valence-electron chi connectivity index (χ0n) is 10.9. The van der Waals surface area contributed by atoms with Gasteiger partial charge in [0.1, 0.15) is 0 Å². The van der Waals surface area contributed by atoms with Crippen LogP contribution in [0.15, 0.2) is 24.3 Å². The van der Waals surface area contributed by atoms with Gasteiger partial charge in [-0.3, -0.25) is 4.90 Å². The van der Waals surface area contributed by atoms with Crippen LogP contribution in [0.1, 0.15) is 12.0 Å². The van der Waals surface area contributed by atoms with Crippen molar-refractivity contribution in [2.24, 2.45) is 5.73 Å². The molecule has 3 N–H and O–H groups in total. The van der Waals surface area contributed by atoms with E-state index in [1.54, 1.807) is 0 Å². The number of hydrogen-bond acceptors (Lipinski definition) is 4. The number of anilines is 1. The molecule has 1 aliphatic heterocycles. The monoisotopic (exact) mass is 249 g/mol. The molecular weight excluding hydrogens is 226 g/mol. The number of β-amino-alcohol motifs (C(OH)–C–C–N with tert-alkyl or cyclic N) is 1. The third-order valence-electron chi connectivity index (χ3n) is 3.54. The van der Waals surface area contributed by atoms with Crippen LogP contribution in [0, 0.1) is 0 Å². The Bertz CT molecular complexity index is 353. The molecule has 2 rings (SSSR count). The van der Waals surface area contributed by atoms with Crippen molar-refractivity contribution in [1.29, 1.82) is 0 Å². The molecule has 1 heterocycles. The lowest BCUT2D eigenvalue weighted by molar-refractivity contribution is 0.204. The molecular formula is C14H23N3O. The van der Waals surface area contributed by atoms with Crippen LogP contribution in [0.4, 0.5) is 5.69 Å². The summed E-state index contributed by atoms with van der Waals surface area (Å²) in [4.78, 5) is 4.74. The zero-order valence-corrected chi connectivity index (χ0v) is 10.9. The summed E-state index contributed by atoms with van der Waals surface area (Å²) in [6, 6.07) is 8.52. The maximum Gasteiger partial charge on any atom is 0.0558 e. The van der Waals surface area contributed by atoms with E-state index in [9.17, 15) is 0 Å². The molecule has 4 nitrogen and oxygen atoms in total. The molecule has 1 aliphatic rings. The van der Waals surface area contributed by atoms with Crippen molar-refractivity contribution in [2.45, 2.75) is 13.0 Å². The molecule has 0 radical (unpaired) electrons. The van der Waals surface area contributed by atoms with Gasteiger partial charge in [0.25, 0.3) is 0 Å². The van der Waals surface area contributed by atoms with Crippen LogP contribution < -0.4 is 10.6 Å². The van der Waals surface area contributed by atoms with Gasteiger partial charge in [0.05, 0.1) is 6.61 Å². The molecule has 0 saturated carbocycles. The fourth-order valence-electron chi connectivity index (χ4n) is 2.44. The summed E-state index contributed by atoms with van der Waals surface area (Å²) < 4.78 is 0. The van der Waals surface area contributed by atoms with E-state index in [4.69, 9.17) is 10.8 Å². The normalized spacial score (nSPS) is 17.8. The van der Waals surface area contributed by atoms with Gasteiger partial charge in [0.15, 0.2) is 0 Å². The van der Waals surface area contributed by atoms with E-state index in [-0.39, 0.29) is 6.61 Å². The predicted octanol–water partition coefficient (Wildman–Crippen LogP) is 0.650. The Hall–Kier alpha value is -1.10. The van der Waals surface area contributed by atoms with Crippen LogP contribution >= 0.6 is 0 Å². The van der Waals surface area contributed by atoms with Gasteiger partial charge in [-0.15, -0.1) is 0 Å². The molecule has 0 spiro atoms. The van der Waals surface area contributed by atoms with E-state index in [1.165, 1.54) is 11.3 Å². The molecule has 18 heavy (non-hydrogen) atoms. The smallest absolute Gasteiger partial charge is 0.0558 e. The summed E-state index contributed by atoms with van der Waals surface area (Å²) in [6.45, 7) is 5.87. The van der Waals surface area contributed by atoms with Crippen LogP contribution in [-0.2, 0) is 6.54 Å². The Kier molecular flexibility index (Phi) is 4.99. The van der Waals surface area contributed by atoms with Crippen molar-refractivity contribution >= 4 is 5.69 Å². The van der Waals surface area contributed by atoms with Gasteiger partial charge >= 0.3 is 0 Å². The maximum absolute atomic E-state index is 8.98. The number of nitrogens with two attached hydrogens (primary N) is 1. The maximum atomic E-state index is 8.98. The minimum Gasteiger partial charge on any atom is -0.395 e. The highest BCUT2D eigenvalue weighted by Gasteiger charge is 2.14. The van der Waals surface area contributed by atoms with Crippen LogP contribution in [0.5, 0.6) is 0 Å². The molecule has 4 heteroatoms. The van der Waals surface area contributed by atoms with Gasteiger partial charge in [-0.25, -0.2) is 0 Å². The average molecular weight is 249 g/mol. The fraction of sp³-hybridized carbons (Fsp3) is 0.571. The van der Waals surface area contributed by atoms with Gasteiger partial charge in [0.2, 0.25) is 0 Å². The average Bonchev–Trinajstić information content (AvgIpc) is 2.65. The van der Waals surface area contributed by atoms with Crippen LogP contribution in [0.2, 0.25) is 0 Å². The SMILES string of the molecule is NCc1ccc(N2CCCN(CCO)CC2)cc1. The molecule has 0 aliphatic carbocycles. The minimum atomic E-state index is 0.255. The number of nitrogens with zero attached hydrogens (tertiary/aromatic N) is 2. The second-order valence-electron chi connectivity index (χ2n) is 4.78. The Morgan fingerprint density at radius 2 is 1.83 bits per heavy atom. The standard InChI is InChI=1S/C14H23N3O/c15-12-13-2-4-14(5-3-13)17-7-1-6-16(8-9-17)10-11-18/h2-5,18H,1,6-12,15H2. The van der Waals surface area contributed by atoms with E-state index in [1.807, 2.05) is 0 Å². The van der Waals surface area contributed by atoms with Gasteiger partial charge in [-0.2, -0.15) is 0 Å². The largest absolute Gasteiger partial charge is 0.395 e. The quantitative estimate of drug-likeness (QED) is 0.822. The first-order valence-electron chi connectivity index (χ1n) is 6.70. The first-order valence-corrected chi connectivity index (χ1v) is 6.70. The van der Waals surface area contributed by atoms with E-state index >= 15 is 0 Å². The molecule has 1 fully saturated rings. The lowest BCUT2D eigenvalue weighted by Gasteiger charge is -2.23. The number of benzene rings is 1. The lowest BCUT2D eigenvalue weighted by atomic mass is 10.2. The summed E-state index contributed by atoms with van der Waals surface area (Å²) in [5.41, 5.74) is 8.06. The van der Waals surface area contributed by atoms with Crippen LogP contribution in [0.3, 0.4) is 0 Å². The Morgan fingerprint density at radius 1 is 1.06 bits per heavy atom. The molecule has 100 valence electrons. The van der Waals surface area contributed by atoms with E-state index in [0.29, 0.717) is 6.54 Å². The highest BCUT2D eigenvalue weighted by atomic mass is 16.3. The van der Waals surface area contributed by atoms with Crippen molar-refractivity contribution in [3.8, 4) is 0 Å². The number of hydrogen-bond donors (Lipinski definition) is 2. The third-order valence-corrected chi connectivity index (χ3v) is 3.54. The summed E-state index contributed by atoms with van der Waals surface area (Å²) in [6.07, 6.45) is 1.15. The molecule has 0 bridgehead atoms. The van der Waals surface area contributed by atoms with Crippen molar-refractivity contribution in [2.75, 3.05) is 44.2 Å². The summed E-state index contributed by atoms with van der Waals surface area (Å²) in [5.74, 6) is 0. The topological polar surface area (TPSA) is 52.7 Å². The molecule has 0 unspecified atom stereocenters. The predicted molar refractivity (Wildman–Crippen MR) is 74.7 cm³/mol. The number of aliphatic hydroxyl groups is 1. The van der Waals surface area contributed by atoms with Gasteiger partial charge in [0, 0.05) is 38.4 Å². The highest BCUT2D eigenvalue weighted by molar-refractivity contribution is 5.47. The second kappa shape index (κ2) is 6.73. The molecule has 0 aromatic heterocycles. The van der Waals surface area contributed by atoms with Gasteiger partial charge < -0.3 is 15.7 Å². The zero-order chi connectivity index (χ0) is 12.8. The number of aliphatic hydroxyl groups excluding tert-OH is 1. The lowest BCUT2D eigenvalue weighted by Crippen LogP contribution is -2.32. The molecule has 1 saturated heterocycles. The Balaban J connectivity index is 1.96. The summed E-state index contributed by atoms with van der Waals surface area (Å²) >= 11 is 0. The van der Waals surface area contributed by atoms with Crippen molar-refractivity contribution in [1.82, 2.24) is 4.90 Å². The molecule has 1 aromatic rings. The molecule has 1 aromatic carbocycles. The van der Waals surface area contributed by atoms with Crippen molar-refractivity contribution < 1.29 is 5.11 Å². The van der Waals surface area contributed by atoms with Crippen LogP contribution in [-0.4, -0.2) is 49.3 Å². The number of rotatable bonds is 4. The third kappa shape index (κ3) is 3.45. The highest BCUT2D eigenvalue weighted by Crippen LogP contribution is 2.17. The van der Waals surface area contributed by atoms with Gasteiger partial charge in [-0.1, -0.05) is 12.1 Å². The van der Waals surface area contributed by atoms with Crippen molar-refractivity contribution in [3.63, 3.8) is 0 Å². The van der Waals surface area contributed by atoms with E-state index in [0.717, 1.165) is 39.1 Å². The summed E-state index contributed by atoms with van der Waals surface area (Å²) in [7, 11) is 0. The van der Waals surface area contributed by atoms with E-state index < -0.39 is 0 Å². The van der Waals surface area contributed by atoms with Crippen LogP contribution in [0.25, 0.3) is 0 Å². The molecule has 0 atom stereocenters. The van der Waals surface area contributed by atoms with Gasteiger partial charge in [-0.05, 0) is 30.7 Å². The Labute approximate surface area is 109 Å². The second-order valence-corrected chi connectivity index (χ2v) is 4.78. The van der Waals surface area contributed by atoms with Crippen molar-refractivity contribution in [3.05, 3.63) is 29.8 Å². The fourth-order valence-corrected chi connectivity index (χ4v) is 2.44. The first-order chi connectivity index (χ1) is 8.83.